The van der Waals surface area contributed by atoms with Crippen LogP contribution in [0.1, 0.15) is 83.0 Å². The van der Waals surface area contributed by atoms with Crippen molar-refractivity contribution in [1.29, 1.82) is 0 Å². The zero-order valence-corrected chi connectivity index (χ0v) is 18.5. The minimum absolute atomic E-state index is 0.0318. The first-order chi connectivity index (χ1) is 14.3. The first-order valence-corrected chi connectivity index (χ1v) is 9.70. The largest absolute Gasteiger partial charge is 0.456 e. The first kappa shape index (κ1) is 23.8. The molecule has 0 spiro atoms. The molecule has 0 aliphatic heterocycles. The van der Waals surface area contributed by atoms with Gasteiger partial charge in [-0.25, -0.2) is 19.2 Å². The number of ether oxygens (including phenoxy) is 3. The van der Waals surface area contributed by atoms with E-state index in [9.17, 15) is 19.2 Å². The van der Waals surface area contributed by atoms with E-state index in [1.807, 2.05) is 0 Å². The van der Waals surface area contributed by atoms with E-state index in [0.717, 1.165) is 0 Å². The molecule has 0 amide bonds. The standard InChI is InChI=1S/C24H26O7/c1-23(2,3)30-21(27)17-13-9-7-11-15(17)19(25)29-20(26)16-12-8-10-14-18(16)22(28)31-24(4,5)6/h7-14H,1-6H3. The van der Waals surface area contributed by atoms with Crippen molar-refractivity contribution < 1.29 is 33.4 Å². The third kappa shape index (κ3) is 6.77. The second-order valence-corrected chi connectivity index (χ2v) is 8.77. The zero-order valence-electron chi connectivity index (χ0n) is 18.5. The van der Waals surface area contributed by atoms with E-state index in [1.165, 1.54) is 36.4 Å². The fourth-order valence-corrected chi connectivity index (χ4v) is 2.54. The minimum atomic E-state index is -1.04. The molecule has 31 heavy (non-hydrogen) atoms. The van der Waals surface area contributed by atoms with E-state index in [4.69, 9.17) is 14.2 Å². The lowest BCUT2D eigenvalue weighted by Crippen LogP contribution is -2.26. The molecule has 0 saturated carbocycles. The van der Waals surface area contributed by atoms with Gasteiger partial charge in [-0.3, -0.25) is 0 Å². The summed E-state index contributed by atoms with van der Waals surface area (Å²) in [6.45, 7) is 10.2. The second-order valence-electron chi connectivity index (χ2n) is 8.77. The fraction of sp³-hybridized carbons (Fsp3) is 0.333. The van der Waals surface area contributed by atoms with E-state index in [1.54, 1.807) is 53.7 Å². The van der Waals surface area contributed by atoms with Gasteiger partial charge in [-0.2, -0.15) is 0 Å². The number of benzene rings is 2. The predicted molar refractivity (Wildman–Crippen MR) is 113 cm³/mol. The highest BCUT2D eigenvalue weighted by Gasteiger charge is 2.27. The molecule has 2 aromatic rings. The summed E-state index contributed by atoms with van der Waals surface area (Å²) >= 11 is 0. The molecule has 0 saturated heterocycles. The lowest BCUT2D eigenvalue weighted by atomic mass is 10.1. The number of carbonyl (C=O) groups is 4. The molecule has 0 N–H and O–H groups in total. The fourth-order valence-electron chi connectivity index (χ4n) is 2.54. The van der Waals surface area contributed by atoms with Gasteiger partial charge in [-0.1, -0.05) is 24.3 Å². The summed E-state index contributed by atoms with van der Waals surface area (Å²) in [6.07, 6.45) is 0. The molecular weight excluding hydrogens is 400 g/mol. The Balaban J connectivity index is 2.28. The number of hydrogen-bond donors (Lipinski definition) is 0. The van der Waals surface area contributed by atoms with Crippen LogP contribution in [0.25, 0.3) is 0 Å². The summed E-state index contributed by atoms with van der Waals surface area (Å²) in [5.74, 6) is -3.51. The Bertz CT molecular complexity index is 926. The molecule has 0 bridgehead atoms. The van der Waals surface area contributed by atoms with Crippen LogP contribution < -0.4 is 0 Å². The van der Waals surface area contributed by atoms with E-state index in [2.05, 4.69) is 0 Å². The molecule has 0 radical (unpaired) electrons. The van der Waals surface area contributed by atoms with Crippen molar-refractivity contribution in [3.8, 4) is 0 Å². The maximum Gasteiger partial charge on any atom is 0.346 e. The van der Waals surface area contributed by atoms with Crippen molar-refractivity contribution in [2.75, 3.05) is 0 Å². The Morgan fingerprint density at radius 3 is 1.03 bits per heavy atom. The summed E-state index contributed by atoms with van der Waals surface area (Å²) in [4.78, 5) is 50.2. The van der Waals surface area contributed by atoms with Crippen molar-refractivity contribution >= 4 is 23.9 Å². The molecular formula is C24H26O7. The van der Waals surface area contributed by atoms with Crippen molar-refractivity contribution in [3.63, 3.8) is 0 Å². The maximum atomic E-state index is 12.7. The van der Waals surface area contributed by atoms with Crippen LogP contribution in [-0.4, -0.2) is 35.1 Å². The van der Waals surface area contributed by atoms with Crippen LogP contribution in [0.5, 0.6) is 0 Å². The van der Waals surface area contributed by atoms with Gasteiger partial charge in [-0.15, -0.1) is 0 Å². The first-order valence-electron chi connectivity index (χ1n) is 9.70. The SMILES string of the molecule is CC(C)(C)OC(=O)c1ccccc1C(=O)OC(=O)c1ccccc1C(=O)OC(C)(C)C. The average Bonchev–Trinajstić information content (AvgIpc) is 2.65. The predicted octanol–water partition coefficient (Wildman–Crippen LogP) is 4.59. The Morgan fingerprint density at radius 2 is 0.774 bits per heavy atom. The van der Waals surface area contributed by atoms with Crippen LogP contribution in [-0.2, 0) is 14.2 Å². The van der Waals surface area contributed by atoms with Gasteiger partial charge in [0, 0.05) is 0 Å². The molecule has 2 aromatic carbocycles. The van der Waals surface area contributed by atoms with Gasteiger partial charge in [0.15, 0.2) is 0 Å². The highest BCUT2D eigenvalue weighted by atomic mass is 16.6. The summed E-state index contributed by atoms with van der Waals surface area (Å²) < 4.78 is 15.6. The van der Waals surface area contributed by atoms with Gasteiger partial charge in [0.2, 0.25) is 0 Å². The van der Waals surface area contributed by atoms with Crippen molar-refractivity contribution in [2.45, 2.75) is 52.7 Å². The highest BCUT2D eigenvalue weighted by molar-refractivity contribution is 6.10. The molecule has 0 fully saturated rings. The monoisotopic (exact) mass is 426 g/mol. The average molecular weight is 426 g/mol. The molecule has 7 heteroatoms. The Hall–Kier alpha value is -3.48. The number of esters is 4. The lowest BCUT2D eigenvalue weighted by molar-refractivity contribution is 0.00562. The highest BCUT2D eigenvalue weighted by Crippen LogP contribution is 2.19. The van der Waals surface area contributed by atoms with E-state index in [-0.39, 0.29) is 22.3 Å². The van der Waals surface area contributed by atoms with Gasteiger partial charge in [-0.05, 0) is 65.8 Å². The topological polar surface area (TPSA) is 96.0 Å². The van der Waals surface area contributed by atoms with Crippen LogP contribution in [0.4, 0.5) is 0 Å². The summed E-state index contributed by atoms with van der Waals surface area (Å²) in [5.41, 5.74) is -1.85. The third-order valence-corrected chi connectivity index (χ3v) is 3.72. The smallest absolute Gasteiger partial charge is 0.346 e. The normalized spacial score (nSPS) is 11.4. The van der Waals surface area contributed by atoms with E-state index < -0.39 is 35.1 Å². The zero-order chi connectivity index (χ0) is 23.4. The Kier molecular flexibility index (Phi) is 7.00. The molecule has 0 aromatic heterocycles. The van der Waals surface area contributed by atoms with E-state index >= 15 is 0 Å². The molecule has 0 aliphatic carbocycles. The van der Waals surface area contributed by atoms with Crippen molar-refractivity contribution in [2.24, 2.45) is 0 Å². The van der Waals surface area contributed by atoms with Gasteiger partial charge in [0.05, 0.1) is 22.3 Å². The minimum Gasteiger partial charge on any atom is -0.456 e. The lowest BCUT2D eigenvalue weighted by Gasteiger charge is -2.20. The Morgan fingerprint density at radius 1 is 0.516 bits per heavy atom. The van der Waals surface area contributed by atoms with Crippen LogP contribution in [0.2, 0.25) is 0 Å². The summed E-state index contributed by atoms with van der Waals surface area (Å²) in [7, 11) is 0. The number of hydrogen-bond acceptors (Lipinski definition) is 7. The van der Waals surface area contributed by atoms with Crippen molar-refractivity contribution in [1.82, 2.24) is 0 Å². The van der Waals surface area contributed by atoms with Gasteiger partial charge in [0.25, 0.3) is 0 Å². The molecule has 0 atom stereocenters. The third-order valence-electron chi connectivity index (χ3n) is 3.72. The number of rotatable bonds is 4. The molecule has 2 rings (SSSR count). The van der Waals surface area contributed by atoms with Crippen LogP contribution in [0, 0.1) is 0 Å². The van der Waals surface area contributed by atoms with Crippen molar-refractivity contribution in [3.05, 3.63) is 70.8 Å². The van der Waals surface area contributed by atoms with Crippen LogP contribution in [0.3, 0.4) is 0 Å². The quantitative estimate of drug-likeness (QED) is 0.401. The van der Waals surface area contributed by atoms with Crippen LogP contribution >= 0.6 is 0 Å². The summed E-state index contributed by atoms with van der Waals surface area (Å²) in [6, 6.07) is 11.7. The van der Waals surface area contributed by atoms with Gasteiger partial charge < -0.3 is 14.2 Å². The number of carbonyl (C=O) groups excluding carboxylic acids is 4. The molecule has 0 heterocycles. The van der Waals surface area contributed by atoms with Crippen LogP contribution in [0.15, 0.2) is 48.5 Å². The molecule has 0 aliphatic rings. The summed E-state index contributed by atoms with van der Waals surface area (Å²) in [5, 5.41) is 0. The van der Waals surface area contributed by atoms with Gasteiger partial charge in [0.1, 0.15) is 11.2 Å². The molecule has 7 nitrogen and oxygen atoms in total. The second kappa shape index (κ2) is 9.12. The molecule has 164 valence electrons. The maximum absolute atomic E-state index is 12.7. The molecule has 0 unspecified atom stereocenters. The van der Waals surface area contributed by atoms with E-state index in [0.29, 0.717) is 0 Å². The van der Waals surface area contributed by atoms with Gasteiger partial charge >= 0.3 is 23.9 Å². The Labute approximate surface area is 181 Å².